The van der Waals surface area contributed by atoms with Gasteiger partial charge in [0.05, 0.1) is 20.3 Å². The van der Waals surface area contributed by atoms with Gasteiger partial charge >= 0.3 is 0 Å². The van der Waals surface area contributed by atoms with E-state index in [1.165, 1.54) is 44.6 Å². The van der Waals surface area contributed by atoms with Crippen molar-refractivity contribution in [1.29, 1.82) is 0 Å². The fraction of sp³-hybridized carbons (Fsp3) is 0.381. The Balaban J connectivity index is 1.86. The van der Waals surface area contributed by atoms with Gasteiger partial charge in [-0.2, -0.15) is 0 Å². The zero-order valence-corrected chi connectivity index (χ0v) is 18.3. The van der Waals surface area contributed by atoms with Gasteiger partial charge in [0.25, 0.3) is 5.91 Å². The van der Waals surface area contributed by atoms with Gasteiger partial charge in [0.1, 0.15) is 22.2 Å². The quantitative estimate of drug-likeness (QED) is 0.451. The number of sulfonamides is 1. The standard InChI is InChI=1S/C21H27FN2O6S/c1-28-14-12-24-31(26,27)20-15-16(5-10-19(20)29-2)21(25)23-11-3-4-13-30-18-8-6-17(22)7-9-18/h5-10,15,24H,3-4,11-14H2,1-2H3,(H,23,25). The van der Waals surface area contributed by atoms with Gasteiger partial charge in [-0.25, -0.2) is 17.5 Å². The highest BCUT2D eigenvalue weighted by molar-refractivity contribution is 7.89. The summed E-state index contributed by atoms with van der Waals surface area (Å²) in [5, 5.41) is 2.75. The molecular weight excluding hydrogens is 427 g/mol. The maximum Gasteiger partial charge on any atom is 0.251 e. The van der Waals surface area contributed by atoms with E-state index in [-0.39, 0.29) is 35.2 Å². The summed E-state index contributed by atoms with van der Waals surface area (Å²) in [6.07, 6.45) is 1.34. The first-order valence-electron chi connectivity index (χ1n) is 9.70. The first-order valence-corrected chi connectivity index (χ1v) is 11.2. The van der Waals surface area contributed by atoms with E-state index in [2.05, 4.69) is 10.0 Å². The molecule has 0 spiro atoms. The Bertz CT molecular complexity index is 951. The van der Waals surface area contributed by atoms with Gasteiger partial charge < -0.3 is 19.5 Å². The molecule has 10 heteroatoms. The molecule has 2 aromatic carbocycles. The van der Waals surface area contributed by atoms with Crippen LogP contribution in [0.1, 0.15) is 23.2 Å². The third kappa shape index (κ3) is 7.82. The number of benzene rings is 2. The SMILES string of the molecule is COCCNS(=O)(=O)c1cc(C(=O)NCCCCOc2ccc(F)cc2)ccc1OC. The van der Waals surface area contributed by atoms with Crippen molar-refractivity contribution < 1.29 is 31.8 Å². The van der Waals surface area contributed by atoms with E-state index < -0.39 is 15.9 Å². The summed E-state index contributed by atoms with van der Waals surface area (Å²) in [7, 11) is -1.04. The lowest BCUT2D eigenvalue weighted by Crippen LogP contribution is -2.28. The fourth-order valence-electron chi connectivity index (χ4n) is 2.64. The van der Waals surface area contributed by atoms with Crippen molar-refractivity contribution in [2.45, 2.75) is 17.7 Å². The lowest BCUT2D eigenvalue weighted by Gasteiger charge is -2.12. The molecule has 2 aromatic rings. The Morgan fingerprint density at radius 3 is 2.42 bits per heavy atom. The number of carbonyl (C=O) groups excluding carboxylic acids is 1. The van der Waals surface area contributed by atoms with Crippen molar-refractivity contribution in [1.82, 2.24) is 10.0 Å². The van der Waals surface area contributed by atoms with Crippen LogP contribution in [-0.4, -0.2) is 54.8 Å². The smallest absolute Gasteiger partial charge is 0.251 e. The first-order chi connectivity index (χ1) is 14.9. The summed E-state index contributed by atoms with van der Waals surface area (Å²) >= 11 is 0. The zero-order valence-electron chi connectivity index (χ0n) is 17.5. The van der Waals surface area contributed by atoms with Gasteiger partial charge in [-0.05, 0) is 55.3 Å². The number of halogens is 1. The Labute approximate surface area is 181 Å². The van der Waals surface area contributed by atoms with Crippen molar-refractivity contribution in [2.24, 2.45) is 0 Å². The molecule has 8 nitrogen and oxygen atoms in total. The van der Waals surface area contributed by atoms with Crippen molar-refractivity contribution in [3.8, 4) is 11.5 Å². The summed E-state index contributed by atoms with van der Waals surface area (Å²) in [5.41, 5.74) is 0.204. The normalized spacial score (nSPS) is 11.2. The molecule has 0 unspecified atom stereocenters. The lowest BCUT2D eigenvalue weighted by molar-refractivity contribution is 0.0952. The van der Waals surface area contributed by atoms with E-state index in [1.54, 1.807) is 12.1 Å². The molecule has 0 radical (unpaired) electrons. The zero-order chi connectivity index (χ0) is 22.7. The Hall–Kier alpha value is -2.69. The molecule has 2 rings (SSSR count). The van der Waals surface area contributed by atoms with Crippen LogP contribution in [0.25, 0.3) is 0 Å². The number of hydrogen-bond donors (Lipinski definition) is 2. The summed E-state index contributed by atoms with van der Waals surface area (Å²) in [5.74, 6) is 0.00156. The molecule has 1 amide bonds. The van der Waals surface area contributed by atoms with Crippen LogP contribution >= 0.6 is 0 Å². The topological polar surface area (TPSA) is 103 Å². The molecular formula is C21H27FN2O6S. The monoisotopic (exact) mass is 454 g/mol. The van der Waals surface area contributed by atoms with Crippen LogP contribution in [0.3, 0.4) is 0 Å². The van der Waals surface area contributed by atoms with Crippen LogP contribution in [-0.2, 0) is 14.8 Å². The second kappa shape index (κ2) is 12.2. The maximum absolute atomic E-state index is 12.8. The van der Waals surface area contributed by atoms with Crippen LogP contribution in [0.4, 0.5) is 4.39 Å². The van der Waals surface area contributed by atoms with Crippen molar-refractivity contribution in [3.05, 3.63) is 53.8 Å². The first kappa shape index (κ1) is 24.6. The molecule has 0 saturated heterocycles. The van der Waals surface area contributed by atoms with Crippen LogP contribution < -0.4 is 19.5 Å². The van der Waals surface area contributed by atoms with Crippen LogP contribution in [0.5, 0.6) is 11.5 Å². The average Bonchev–Trinajstić information content (AvgIpc) is 2.76. The van der Waals surface area contributed by atoms with Gasteiger partial charge in [-0.15, -0.1) is 0 Å². The van der Waals surface area contributed by atoms with Crippen molar-refractivity contribution >= 4 is 15.9 Å². The largest absolute Gasteiger partial charge is 0.495 e. The summed E-state index contributed by atoms with van der Waals surface area (Å²) in [6, 6.07) is 9.97. The van der Waals surface area contributed by atoms with Gasteiger partial charge in [0, 0.05) is 25.8 Å². The molecule has 170 valence electrons. The number of rotatable bonds is 13. The molecule has 2 N–H and O–H groups in total. The fourth-order valence-corrected chi connectivity index (χ4v) is 3.84. The third-order valence-electron chi connectivity index (χ3n) is 4.25. The average molecular weight is 455 g/mol. The van der Waals surface area contributed by atoms with E-state index in [1.807, 2.05) is 0 Å². The van der Waals surface area contributed by atoms with Gasteiger partial charge in [-0.1, -0.05) is 0 Å². The van der Waals surface area contributed by atoms with Crippen LogP contribution in [0.2, 0.25) is 0 Å². The predicted octanol–water partition coefficient (Wildman–Crippen LogP) is 2.35. The number of ether oxygens (including phenoxy) is 3. The number of hydrogen-bond acceptors (Lipinski definition) is 6. The highest BCUT2D eigenvalue weighted by Crippen LogP contribution is 2.24. The van der Waals surface area contributed by atoms with Gasteiger partial charge in [0.2, 0.25) is 10.0 Å². The summed E-state index contributed by atoms with van der Waals surface area (Å²) in [4.78, 5) is 12.3. The highest BCUT2D eigenvalue weighted by Gasteiger charge is 2.21. The second-order valence-electron chi connectivity index (χ2n) is 6.52. The maximum atomic E-state index is 12.8. The van der Waals surface area contributed by atoms with E-state index >= 15 is 0 Å². The summed E-state index contributed by atoms with van der Waals surface area (Å²) in [6.45, 7) is 1.14. The minimum absolute atomic E-state index is 0.0956. The summed E-state index contributed by atoms with van der Waals surface area (Å²) < 4.78 is 55.7. The van der Waals surface area contributed by atoms with Crippen molar-refractivity contribution in [2.75, 3.05) is 40.5 Å². The minimum Gasteiger partial charge on any atom is -0.495 e. The third-order valence-corrected chi connectivity index (χ3v) is 5.73. The molecule has 0 heterocycles. The number of carbonyl (C=O) groups is 1. The molecule has 0 aliphatic carbocycles. The molecule has 0 aliphatic rings. The number of amides is 1. The van der Waals surface area contributed by atoms with Crippen molar-refractivity contribution in [3.63, 3.8) is 0 Å². The lowest BCUT2D eigenvalue weighted by atomic mass is 10.2. The van der Waals surface area contributed by atoms with Crippen LogP contribution in [0.15, 0.2) is 47.4 Å². The van der Waals surface area contributed by atoms with Crippen LogP contribution in [0, 0.1) is 5.82 Å². The molecule has 31 heavy (non-hydrogen) atoms. The van der Waals surface area contributed by atoms with E-state index in [0.29, 0.717) is 31.7 Å². The van der Waals surface area contributed by atoms with E-state index in [0.717, 1.165) is 0 Å². The molecule has 0 aromatic heterocycles. The molecule has 0 saturated carbocycles. The van der Waals surface area contributed by atoms with Gasteiger partial charge in [-0.3, -0.25) is 4.79 Å². The number of unbranched alkanes of at least 4 members (excludes halogenated alkanes) is 1. The second-order valence-corrected chi connectivity index (χ2v) is 8.26. The Morgan fingerprint density at radius 2 is 1.74 bits per heavy atom. The molecule has 0 aliphatic heterocycles. The highest BCUT2D eigenvalue weighted by atomic mass is 32.2. The predicted molar refractivity (Wildman–Crippen MR) is 114 cm³/mol. The number of methoxy groups -OCH3 is 2. The Morgan fingerprint density at radius 1 is 1.00 bits per heavy atom. The number of nitrogens with one attached hydrogen (secondary N) is 2. The minimum atomic E-state index is -3.87. The molecule has 0 fully saturated rings. The Kier molecular flexibility index (Phi) is 9.70. The van der Waals surface area contributed by atoms with E-state index in [9.17, 15) is 17.6 Å². The molecule has 0 bridgehead atoms. The molecule has 0 atom stereocenters. The van der Waals surface area contributed by atoms with Gasteiger partial charge in [0.15, 0.2) is 0 Å². The van der Waals surface area contributed by atoms with E-state index in [4.69, 9.17) is 14.2 Å².